The maximum atomic E-state index is 14.6. The van der Waals surface area contributed by atoms with Gasteiger partial charge in [0.15, 0.2) is 0 Å². The number of hydrogen-bond donors (Lipinski definition) is 2. The highest BCUT2D eigenvalue weighted by Gasteiger charge is 2.44. The standard InChI is InChI=1S/C49H75N5O10.2H2/c1-14-33(7)43(52(9)47(58)41(30(2)3)51-46(57)42(31(4)5)53(10)49(60)64-29-36-24-22-32(6)23-25-36)39(61-11)28-40(55)54-26-18-21-38(54)44(62-12)34(8)45(56)50-37(48(59)63-13)27-35-19-16-15-17-20-35;;/h15-17,19-20,22-25,30-31,33-34,37-39,41-44H,14,18,21,26-29H2,1-13H3,(H,50,56)(H,51,57);2*1H/t33?,34-,37?,38+,39-,41+,42+,43+,44-;;/m1../s1. The van der Waals surface area contributed by atoms with E-state index in [2.05, 4.69) is 10.6 Å². The lowest BCUT2D eigenvalue weighted by Gasteiger charge is -2.41. The number of ether oxygens (including phenoxy) is 4. The average Bonchev–Trinajstić information content (AvgIpc) is 3.76. The lowest BCUT2D eigenvalue weighted by molar-refractivity contribution is -0.149. The lowest BCUT2D eigenvalue weighted by Crippen LogP contribution is -2.60. The van der Waals surface area contributed by atoms with Crippen molar-refractivity contribution in [1.29, 1.82) is 0 Å². The Balaban J connectivity index is 0.0000109. The first-order valence-corrected chi connectivity index (χ1v) is 22.6. The number of rotatable bonds is 23. The molecule has 0 saturated carbocycles. The van der Waals surface area contributed by atoms with Gasteiger partial charge in [0.05, 0.1) is 43.7 Å². The first-order valence-electron chi connectivity index (χ1n) is 22.6. The Bertz CT molecular complexity index is 1840. The number of amides is 5. The van der Waals surface area contributed by atoms with Gasteiger partial charge in [-0.25, -0.2) is 9.59 Å². The van der Waals surface area contributed by atoms with Crippen LogP contribution in [0.3, 0.4) is 0 Å². The molecule has 2 aromatic rings. The second-order valence-corrected chi connectivity index (χ2v) is 17.9. The van der Waals surface area contributed by atoms with Crippen LogP contribution in [0, 0.1) is 30.6 Å². The molecule has 5 amide bonds. The molecule has 0 radical (unpaired) electrons. The molecule has 0 aromatic heterocycles. The number of hydrogen-bond acceptors (Lipinski definition) is 10. The normalized spacial score (nSPS) is 17.6. The molecule has 0 spiro atoms. The molecular weight excluding hydrogens is 819 g/mol. The Morgan fingerprint density at radius 1 is 0.812 bits per heavy atom. The quantitative estimate of drug-likeness (QED) is 0.125. The van der Waals surface area contributed by atoms with Crippen LogP contribution in [0.2, 0.25) is 0 Å². The van der Waals surface area contributed by atoms with E-state index in [1.807, 2.05) is 103 Å². The zero-order valence-electron chi connectivity index (χ0n) is 40.4. The highest BCUT2D eigenvalue weighted by molar-refractivity contribution is 5.92. The minimum atomic E-state index is -0.958. The monoisotopic (exact) mass is 898 g/mol. The molecule has 1 saturated heterocycles. The van der Waals surface area contributed by atoms with E-state index in [0.717, 1.165) is 16.7 Å². The van der Waals surface area contributed by atoms with Crippen molar-refractivity contribution < 1.29 is 50.6 Å². The van der Waals surface area contributed by atoms with Crippen LogP contribution >= 0.6 is 0 Å². The number of carbonyl (C=O) groups is 6. The third-order valence-corrected chi connectivity index (χ3v) is 12.7. The molecule has 2 aromatic carbocycles. The Morgan fingerprint density at radius 3 is 2.00 bits per heavy atom. The molecule has 64 heavy (non-hydrogen) atoms. The zero-order valence-corrected chi connectivity index (χ0v) is 40.4. The van der Waals surface area contributed by atoms with Gasteiger partial charge >= 0.3 is 12.1 Å². The number of esters is 1. The number of nitrogens with zero attached hydrogens (tertiary/aromatic N) is 3. The van der Waals surface area contributed by atoms with Crippen LogP contribution in [0.15, 0.2) is 54.6 Å². The molecule has 2 N–H and O–H groups in total. The van der Waals surface area contributed by atoms with E-state index in [9.17, 15) is 28.8 Å². The molecule has 360 valence electrons. The molecule has 0 aliphatic carbocycles. The third kappa shape index (κ3) is 14.2. The highest BCUT2D eigenvalue weighted by atomic mass is 16.6. The van der Waals surface area contributed by atoms with Crippen molar-refractivity contribution in [2.45, 2.75) is 137 Å². The van der Waals surface area contributed by atoms with E-state index in [0.29, 0.717) is 25.8 Å². The first kappa shape index (κ1) is 53.3. The fraction of sp³-hybridized carbons (Fsp3) is 0.633. The Hall–Kier alpha value is -5.02. The van der Waals surface area contributed by atoms with Crippen molar-refractivity contribution in [3.63, 3.8) is 0 Å². The molecule has 15 nitrogen and oxygen atoms in total. The summed E-state index contributed by atoms with van der Waals surface area (Å²) in [5.74, 6) is -3.51. The van der Waals surface area contributed by atoms with Crippen LogP contribution in [0.5, 0.6) is 0 Å². The topological polar surface area (TPSA) is 173 Å². The maximum absolute atomic E-state index is 14.6. The smallest absolute Gasteiger partial charge is 0.410 e. The zero-order chi connectivity index (χ0) is 47.8. The van der Waals surface area contributed by atoms with E-state index in [1.165, 1.54) is 33.3 Å². The fourth-order valence-electron chi connectivity index (χ4n) is 8.74. The minimum absolute atomic E-state index is 0. The van der Waals surface area contributed by atoms with Gasteiger partial charge in [0, 0.05) is 44.1 Å². The van der Waals surface area contributed by atoms with E-state index in [4.69, 9.17) is 18.9 Å². The van der Waals surface area contributed by atoms with Crippen molar-refractivity contribution in [3.8, 4) is 0 Å². The minimum Gasteiger partial charge on any atom is -0.467 e. The third-order valence-electron chi connectivity index (χ3n) is 12.7. The second kappa shape index (κ2) is 25.5. The molecule has 1 aliphatic rings. The molecule has 0 bridgehead atoms. The van der Waals surface area contributed by atoms with Gasteiger partial charge in [-0.1, -0.05) is 115 Å². The summed E-state index contributed by atoms with van der Waals surface area (Å²) >= 11 is 0. The molecule has 15 heteroatoms. The summed E-state index contributed by atoms with van der Waals surface area (Å²) in [5.41, 5.74) is 2.76. The van der Waals surface area contributed by atoms with Gasteiger partial charge in [-0.3, -0.25) is 24.1 Å². The Morgan fingerprint density at radius 2 is 1.45 bits per heavy atom. The number of likely N-dealkylation sites (tertiary alicyclic amines) is 1. The summed E-state index contributed by atoms with van der Waals surface area (Å²) in [6, 6.07) is 13.2. The van der Waals surface area contributed by atoms with Gasteiger partial charge in [0.2, 0.25) is 23.6 Å². The van der Waals surface area contributed by atoms with E-state index < -0.39 is 72.2 Å². The van der Waals surface area contributed by atoms with Crippen LogP contribution in [0.25, 0.3) is 0 Å². The van der Waals surface area contributed by atoms with Crippen LogP contribution < -0.4 is 10.6 Å². The number of methoxy groups -OCH3 is 3. The summed E-state index contributed by atoms with van der Waals surface area (Å²) in [7, 11) is 7.50. The summed E-state index contributed by atoms with van der Waals surface area (Å²) < 4.78 is 22.6. The molecule has 1 aliphatic heterocycles. The summed E-state index contributed by atoms with van der Waals surface area (Å²) in [4.78, 5) is 87.3. The van der Waals surface area contributed by atoms with E-state index >= 15 is 0 Å². The number of aryl methyl sites for hydroxylation is 1. The average molecular weight is 898 g/mol. The number of nitrogens with one attached hydrogen (secondary N) is 2. The summed E-state index contributed by atoms with van der Waals surface area (Å²) in [5, 5.41) is 5.81. The number of benzene rings is 2. The predicted molar refractivity (Wildman–Crippen MR) is 249 cm³/mol. The Labute approximate surface area is 384 Å². The molecule has 1 heterocycles. The Kier molecular flexibility index (Phi) is 21.2. The van der Waals surface area contributed by atoms with Crippen molar-refractivity contribution in [3.05, 3.63) is 71.3 Å². The largest absolute Gasteiger partial charge is 0.467 e. The predicted octanol–water partition coefficient (Wildman–Crippen LogP) is 6.04. The van der Waals surface area contributed by atoms with Crippen LogP contribution in [-0.4, -0.2) is 135 Å². The van der Waals surface area contributed by atoms with Gasteiger partial charge in [-0.2, -0.15) is 0 Å². The van der Waals surface area contributed by atoms with E-state index in [-0.39, 0.29) is 51.9 Å². The SMILES string of the molecule is CCC(C)[C@@H]([C@@H](CC(=O)N1CCC[C@H]1[C@H](OC)[C@@H](C)C(=O)NC(Cc1ccccc1)C(=O)OC)OC)N(C)C(=O)[C@@H](NC(=O)[C@H](C(C)C)N(C)C(=O)OCc1ccc(C)cc1)C(C)C.[HH].[HH]. The van der Waals surface area contributed by atoms with Crippen molar-refractivity contribution >= 4 is 35.7 Å². The highest BCUT2D eigenvalue weighted by Crippen LogP contribution is 2.30. The van der Waals surface area contributed by atoms with Crippen molar-refractivity contribution in [1.82, 2.24) is 25.3 Å². The summed E-state index contributed by atoms with van der Waals surface area (Å²) in [6.07, 6.45) is 0.0878. The molecule has 2 unspecified atom stereocenters. The van der Waals surface area contributed by atoms with Gasteiger partial charge in [-0.05, 0) is 48.6 Å². The van der Waals surface area contributed by atoms with Gasteiger partial charge in [-0.15, -0.1) is 0 Å². The van der Waals surface area contributed by atoms with Gasteiger partial charge in [0.1, 0.15) is 24.7 Å². The first-order chi connectivity index (χ1) is 30.3. The lowest BCUT2D eigenvalue weighted by atomic mass is 9.89. The number of carbonyl (C=O) groups excluding carboxylic acids is 6. The van der Waals surface area contributed by atoms with Crippen LogP contribution in [-0.2, 0) is 55.9 Å². The number of likely N-dealkylation sites (N-methyl/N-ethyl adjacent to an activating group) is 2. The second-order valence-electron chi connectivity index (χ2n) is 17.9. The van der Waals surface area contributed by atoms with Crippen LogP contribution in [0.1, 0.15) is 93.7 Å². The van der Waals surface area contributed by atoms with Crippen molar-refractivity contribution in [2.75, 3.05) is 42.0 Å². The molecule has 9 atom stereocenters. The van der Waals surface area contributed by atoms with Gasteiger partial charge < -0.3 is 39.4 Å². The van der Waals surface area contributed by atoms with Crippen LogP contribution in [0.4, 0.5) is 4.79 Å². The molecule has 1 fully saturated rings. The van der Waals surface area contributed by atoms with E-state index in [1.54, 1.807) is 23.8 Å². The summed E-state index contributed by atoms with van der Waals surface area (Å²) in [6.45, 7) is 15.5. The molecule has 3 rings (SSSR count). The maximum Gasteiger partial charge on any atom is 0.410 e. The van der Waals surface area contributed by atoms with Gasteiger partial charge in [0.25, 0.3) is 0 Å². The fourth-order valence-corrected chi connectivity index (χ4v) is 8.74. The van der Waals surface area contributed by atoms with Crippen molar-refractivity contribution in [2.24, 2.45) is 23.7 Å². The molecular formula is C49H79N5O10.